The van der Waals surface area contributed by atoms with Crippen LogP contribution in [0.5, 0.6) is 11.5 Å². The maximum Gasteiger partial charge on any atom is 0.308 e. The molecule has 2 aromatic carbocycles. The average Bonchev–Trinajstić information content (AvgIpc) is 2.74. The Labute approximate surface area is 190 Å². The summed E-state index contributed by atoms with van der Waals surface area (Å²) in [6.45, 7) is 14.4. The van der Waals surface area contributed by atoms with Crippen molar-refractivity contribution in [1.82, 2.24) is 0 Å². The van der Waals surface area contributed by atoms with E-state index in [9.17, 15) is 9.59 Å². The number of ether oxygens (including phenoxy) is 2. The number of rotatable bonds is 9. The second-order valence-corrected chi connectivity index (χ2v) is 7.22. The smallest absolute Gasteiger partial charge is 0.308 e. The topological polar surface area (TPSA) is 52.6 Å². The monoisotopic (exact) mass is 430 g/mol. The molecule has 4 nitrogen and oxygen atoms in total. The van der Waals surface area contributed by atoms with Gasteiger partial charge in [-0.25, -0.2) is 0 Å². The zero-order valence-corrected chi connectivity index (χ0v) is 19.2. The lowest BCUT2D eigenvalue weighted by Crippen LogP contribution is -2.05. The highest BCUT2D eigenvalue weighted by Gasteiger charge is 2.15. The number of carbonyl (C=O) groups is 2. The molecule has 0 fully saturated rings. The fourth-order valence-electron chi connectivity index (χ4n) is 3.59. The minimum Gasteiger partial charge on any atom is -0.426 e. The third-order valence-electron chi connectivity index (χ3n) is 4.85. The molecule has 166 valence electrons. The Morgan fingerprint density at radius 2 is 1.12 bits per heavy atom. The van der Waals surface area contributed by atoms with E-state index in [0.29, 0.717) is 24.3 Å². The van der Waals surface area contributed by atoms with Crippen LogP contribution in [0.4, 0.5) is 0 Å². The van der Waals surface area contributed by atoms with E-state index in [0.717, 1.165) is 33.4 Å². The van der Waals surface area contributed by atoms with Crippen molar-refractivity contribution in [3.8, 4) is 11.5 Å². The van der Waals surface area contributed by atoms with Crippen LogP contribution >= 0.6 is 0 Å². The standard InChI is InChI=1S/C28H30O4/c1-7-11-23-17-21(13-15-27(23)31-19(5)29)25(9-3)26(10-4)22-14-16-28(32-20(6)30)24(18-22)12-8-2/h7-10,13-18H,1-2,11-12H2,3-6H3. The van der Waals surface area contributed by atoms with Gasteiger partial charge in [0.1, 0.15) is 11.5 Å². The second-order valence-electron chi connectivity index (χ2n) is 7.22. The molecule has 0 saturated heterocycles. The molecule has 2 rings (SSSR count). The third kappa shape index (κ3) is 6.17. The molecule has 2 aromatic rings. The molecular weight excluding hydrogens is 400 g/mol. The summed E-state index contributed by atoms with van der Waals surface area (Å²) in [7, 11) is 0. The Kier molecular flexibility index (Phi) is 8.96. The molecule has 0 saturated carbocycles. The Bertz CT molecular complexity index is 999. The van der Waals surface area contributed by atoms with Crippen molar-refractivity contribution in [3.63, 3.8) is 0 Å². The number of hydrogen-bond acceptors (Lipinski definition) is 4. The van der Waals surface area contributed by atoms with Gasteiger partial charge in [-0.2, -0.15) is 0 Å². The summed E-state index contributed by atoms with van der Waals surface area (Å²) in [5.74, 6) is 0.368. The molecule has 0 spiro atoms. The summed E-state index contributed by atoms with van der Waals surface area (Å²) in [5, 5.41) is 0. The predicted octanol–water partition coefficient (Wildman–Crippen LogP) is 6.50. The number of carbonyl (C=O) groups excluding carboxylic acids is 2. The van der Waals surface area contributed by atoms with Crippen LogP contribution in [-0.2, 0) is 22.4 Å². The normalized spacial score (nSPS) is 11.6. The van der Waals surface area contributed by atoms with Crippen molar-refractivity contribution in [2.45, 2.75) is 40.5 Å². The molecule has 0 aliphatic heterocycles. The molecule has 0 radical (unpaired) electrons. The van der Waals surface area contributed by atoms with Gasteiger partial charge < -0.3 is 9.47 Å². The van der Waals surface area contributed by atoms with Gasteiger partial charge >= 0.3 is 11.9 Å². The summed E-state index contributed by atoms with van der Waals surface area (Å²) < 4.78 is 10.7. The first-order valence-electron chi connectivity index (χ1n) is 10.5. The summed E-state index contributed by atoms with van der Waals surface area (Å²) in [6.07, 6.45) is 8.85. The predicted molar refractivity (Wildman–Crippen MR) is 131 cm³/mol. The van der Waals surface area contributed by atoms with Crippen LogP contribution < -0.4 is 9.47 Å². The minimum atomic E-state index is -0.355. The molecule has 32 heavy (non-hydrogen) atoms. The average molecular weight is 431 g/mol. The molecular formula is C28H30O4. The largest absolute Gasteiger partial charge is 0.426 e. The van der Waals surface area contributed by atoms with E-state index < -0.39 is 0 Å². The van der Waals surface area contributed by atoms with Gasteiger partial charge in [-0.05, 0) is 84.4 Å². The lowest BCUT2D eigenvalue weighted by Gasteiger charge is -2.17. The van der Waals surface area contributed by atoms with Crippen molar-refractivity contribution in [3.05, 3.63) is 96.1 Å². The molecule has 0 atom stereocenters. The summed E-state index contributed by atoms with van der Waals surface area (Å²) in [5.41, 5.74) is 5.86. The van der Waals surface area contributed by atoms with Gasteiger partial charge in [0.25, 0.3) is 0 Å². The molecule has 0 N–H and O–H groups in total. The van der Waals surface area contributed by atoms with Crippen LogP contribution in [0.3, 0.4) is 0 Å². The van der Waals surface area contributed by atoms with Crippen LogP contribution in [-0.4, -0.2) is 11.9 Å². The number of benzene rings is 2. The van der Waals surface area contributed by atoms with Gasteiger partial charge in [-0.15, -0.1) is 13.2 Å². The molecule has 0 aliphatic carbocycles. The zero-order valence-electron chi connectivity index (χ0n) is 19.2. The highest BCUT2D eigenvalue weighted by molar-refractivity contribution is 6.05. The van der Waals surface area contributed by atoms with E-state index in [-0.39, 0.29) is 11.9 Å². The lowest BCUT2D eigenvalue weighted by molar-refractivity contribution is -0.132. The summed E-state index contributed by atoms with van der Waals surface area (Å²) in [6, 6.07) is 11.6. The molecule has 0 bridgehead atoms. The Morgan fingerprint density at radius 3 is 1.41 bits per heavy atom. The quantitative estimate of drug-likeness (QED) is 0.197. The minimum absolute atomic E-state index is 0.355. The van der Waals surface area contributed by atoms with Crippen molar-refractivity contribution in [2.24, 2.45) is 0 Å². The van der Waals surface area contributed by atoms with Crippen LogP contribution in [0.2, 0.25) is 0 Å². The van der Waals surface area contributed by atoms with E-state index in [4.69, 9.17) is 9.47 Å². The van der Waals surface area contributed by atoms with E-state index in [1.54, 1.807) is 12.2 Å². The highest BCUT2D eigenvalue weighted by Crippen LogP contribution is 2.36. The zero-order chi connectivity index (χ0) is 23.7. The van der Waals surface area contributed by atoms with Crippen molar-refractivity contribution >= 4 is 23.1 Å². The molecule has 0 amide bonds. The van der Waals surface area contributed by atoms with E-state index in [1.807, 2.05) is 50.2 Å². The van der Waals surface area contributed by atoms with Crippen molar-refractivity contribution in [2.75, 3.05) is 0 Å². The van der Waals surface area contributed by atoms with E-state index in [1.165, 1.54) is 13.8 Å². The first kappa shape index (κ1) is 24.6. The SMILES string of the molecule is C=CCc1cc(C(=CC)C(=CC)c2ccc(OC(C)=O)c(CC=C)c2)ccc1OC(C)=O. The van der Waals surface area contributed by atoms with Gasteiger partial charge in [0.05, 0.1) is 0 Å². The Morgan fingerprint density at radius 1 is 0.750 bits per heavy atom. The molecule has 0 aliphatic rings. The fraction of sp³-hybridized carbons (Fsp3) is 0.214. The van der Waals surface area contributed by atoms with Crippen LogP contribution in [0.1, 0.15) is 49.9 Å². The number of esters is 2. The van der Waals surface area contributed by atoms with Gasteiger partial charge in [-0.1, -0.05) is 36.4 Å². The lowest BCUT2D eigenvalue weighted by atomic mass is 9.89. The Balaban J connectivity index is 2.53. The number of hydrogen-bond donors (Lipinski definition) is 0. The third-order valence-corrected chi connectivity index (χ3v) is 4.85. The van der Waals surface area contributed by atoms with Gasteiger partial charge in [0, 0.05) is 13.8 Å². The van der Waals surface area contributed by atoms with E-state index in [2.05, 4.69) is 25.3 Å². The first-order chi connectivity index (χ1) is 15.3. The van der Waals surface area contributed by atoms with Crippen LogP contribution in [0, 0.1) is 0 Å². The summed E-state index contributed by atoms with van der Waals surface area (Å²) >= 11 is 0. The molecule has 0 aromatic heterocycles. The first-order valence-corrected chi connectivity index (χ1v) is 10.5. The van der Waals surface area contributed by atoms with Crippen LogP contribution in [0.15, 0.2) is 73.9 Å². The van der Waals surface area contributed by atoms with E-state index >= 15 is 0 Å². The molecule has 0 heterocycles. The second kappa shape index (κ2) is 11.7. The van der Waals surface area contributed by atoms with Crippen LogP contribution in [0.25, 0.3) is 11.1 Å². The maximum absolute atomic E-state index is 11.5. The van der Waals surface area contributed by atoms with Crippen molar-refractivity contribution in [1.29, 1.82) is 0 Å². The molecule has 0 unspecified atom stereocenters. The van der Waals surface area contributed by atoms with Crippen molar-refractivity contribution < 1.29 is 19.1 Å². The van der Waals surface area contributed by atoms with Gasteiger partial charge in [-0.3, -0.25) is 9.59 Å². The highest BCUT2D eigenvalue weighted by atomic mass is 16.5. The number of allylic oxidation sites excluding steroid dienone is 6. The maximum atomic E-state index is 11.5. The molecule has 4 heteroatoms. The Hall–Kier alpha value is -3.66. The summed E-state index contributed by atoms with van der Waals surface area (Å²) in [4.78, 5) is 22.9. The van der Waals surface area contributed by atoms with Gasteiger partial charge in [0.2, 0.25) is 0 Å². The van der Waals surface area contributed by atoms with Gasteiger partial charge in [0.15, 0.2) is 0 Å². The fourth-order valence-corrected chi connectivity index (χ4v) is 3.59.